The van der Waals surface area contributed by atoms with Crippen LogP contribution in [-0.4, -0.2) is 11.0 Å². The van der Waals surface area contributed by atoms with Crippen LogP contribution in [0.4, 0.5) is 8.78 Å². The van der Waals surface area contributed by atoms with E-state index in [2.05, 4.69) is 4.98 Å². The molecule has 0 fully saturated rings. The van der Waals surface area contributed by atoms with E-state index in [9.17, 15) is 8.78 Å². The maximum absolute atomic E-state index is 13.5. The van der Waals surface area contributed by atoms with Crippen LogP contribution < -0.4 is 10.5 Å². The summed E-state index contributed by atoms with van der Waals surface area (Å²) in [4.78, 5) is 4.25. The highest BCUT2D eigenvalue weighted by Crippen LogP contribution is 2.16. The van der Waals surface area contributed by atoms with Crippen molar-refractivity contribution in [2.24, 2.45) is 5.73 Å². The van der Waals surface area contributed by atoms with Gasteiger partial charge in [-0.05, 0) is 24.6 Å². The molecule has 21 heavy (non-hydrogen) atoms. The number of pyridine rings is 1. The first-order valence-electron chi connectivity index (χ1n) is 6.86. The predicted octanol–water partition coefficient (Wildman–Crippen LogP) is 3.22. The molecular weight excluding hydrogens is 274 g/mol. The molecule has 0 amide bonds. The third-order valence-corrected chi connectivity index (χ3v) is 3.22. The van der Waals surface area contributed by atoms with E-state index in [0.29, 0.717) is 12.2 Å². The third kappa shape index (κ3) is 4.23. The van der Waals surface area contributed by atoms with E-state index in [0.717, 1.165) is 18.2 Å². The summed E-state index contributed by atoms with van der Waals surface area (Å²) in [7, 11) is 0. The first-order chi connectivity index (χ1) is 10.1. The fraction of sp³-hybridized carbons (Fsp3) is 0.312. The second-order valence-corrected chi connectivity index (χ2v) is 4.86. The lowest BCUT2D eigenvalue weighted by Gasteiger charge is -2.10. The van der Waals surface area contributed by atoms with Crippen molar-refractivity contribution >= 4 is 0 Å². The highest BCUT2D eigenvalue weighted by Gasteiger charge is 2.08. The predicted molar refractivity (Wildman–Crippen MR) is 76.9 cm³/mol. The van der Waals surface area contributed by atoms with Crippen LogP contribution in [-0.2, 0) is 13.0 Å². The van der Waals surface area contributed by atoms with Gasteiger partial charge >= 0.3 is 0 Å². The van der Waals surface area contributed by atoms with Crippen molar-refractivity contribution in [3.05, 3.63) is 59.4 Å². The van der Waals surface area contributed by atoms with Gasteiger partial charge in [0.15, 0.2) is 11.6 Å². The molecule has 0 aliphatic heterocycles. The molecule has 0 saturated carbocycles. The number of nitrogens with two attached hydrogens (primary N) is 1. The Morgan fingerprint density at radius 3 is 2.71 bits per heavy atom. The van der Waals surface area contributed by atoms with Crippen LogP contribution in [0.5, 0.6) is 5.75 Å². The second kappa shape index (κ2) is 7.13. The summed E-state index contributed by atoms with van der Waals surface area (Å²) in [5, 5.41) is 0. The largest absolute Gasteiger partial charge is 0.487 e. The number of aromatic nitrogens is 1. The quantitative estimate of drug-likeness (QED) is 0.889. The molecule has 1 aromatic heterocycles. The summed E-state index contributed by atoms with van der Waals surface area (Å²) in [6, 6.07) is 7.68. The van der Waals surface area contributed by atoms with Crippen molar-refractivity contribution < 1.29 is 13.5 Å². The number of nitrogens with zero attached hydrogens (tertiary/aromatic N) is 1. The molecule has 0 aliphatic rings. The maximum atomic E-state index is 13.5. The lowest BCUT2D eigenvalue weighted by atomic mass is 10.1. The highest BCUT2D eigenvalue weighted by molar-refractivity contribution is 5.22. The number of halogens is 2. The number of hydrogen-bond acceptors (Lipinski definition) is 3. The molecule has 1 aromatic carbocycles. The van der Waals surface area contributed by atoms with Gasteiger partial charge in [-0.1, -0.05) is 19.1 Å². The molecule has 112 valence electrons. The van der Waals surface area contributed by atoms with E-state index in [1.807, 2.05) is 13.0 Å². The summed E-state index contributed by atoms with van der Waals surface area (Å²) in [6.45, 7) is 1.98. The number of rotatable bonds is 6. The minimum atomic E-state index is -0.879. The number of benzene rings is 1. The molecule has 0 bridgehead atoms. The van der Waals surface area contributed by atoms with E-state index in [1.165, 1.54) is 12.1 Å². The fourth-order valence-electron chi connectivity index (χ4n) is 1.85. The lowest BCUT2D eigenvalue weighted by Crippen LogP contribution is -2.21. The van der Waals surface area contributed by atoms with Gasteiger partial charge in [0.05, 0.1) is 6.20 Å². The normalized spacial score (nSPS) is 12.2. The first kappa shape index (κ1) is 15.4. The maximum Gasteiger partial charge on any atom is 0.165 e. The van der Waals surface area contributed by atoms with Crippen LogP contribution in [0.15, 0.2) is 36.5 Å². The first-order valence-corrected chi connectivity index (χ1v) is 6.86. The molecule has 3 nitrogen and oxygen atoms in total. The van der Waals surface area contributed by atoms with E-state index in [1.54, 1.807) is 12.3 Å². The standard InChI is InChI=1S/C16H18F2N2O/c1-2-12(19)8-13-6-7-14(9-20-13)21-10-11-4-3-5-15(17)16(11)18/h3-7,9,12H,2,8,10,19H2,1H3. The Bertz CT molecular complexity index is 587. The van der Waals surface area contributed by atoms with Gasteiger partial charge in [-0.15, -0.1) is 0 Å². The molecule has 2 N–H and O–H groups in total. The number of hydrogen-bond donors (Lipinski definition) is 1. The van der Waals surface area contributed by atoms with Gasteiger partial charge in [0, 0.05) is 23.7 Å². The summed E-state index contributed by atoms with van der Waals surface area (Å²) < 4.78 is 31.9. The topological polar surface area (TPSA) is 48.1 Å². The van der Waals surface area contributed by atoms with Crippen molar-refractivity contribution in [2.75, 3.05) is 0 Å². The molecule has 2 aromatic rings. The van der Waals surface area contributed by atoms with Crippen LogP contribution in [0.1, 0.15) is 24.6 Å². The molecule has 1 heterocycles. The van der Waals surface area contributed by atoms with Crippen LogP contribution >= 0.6 is 0 Å². The average molecular weight is 292 g/mol. The summed E-state index contributed by atoms with van der Waals surface area (Å²) in [5.74, 6) is -1.25. The number of ether oxygens (including phenoxy) is 1. The van der Waals surface area contributed by atoms with E-state index >= 15 is 0 Å². The van der Waals surface area contributed by atoms with Gasteiger partial charge in [-0.25, -0.2) is 8.78 Å². The van der Waals surface area contributed by atoms with Gasteiger partial charge in [0.1, 0.15) is 12.4 Å². The highest BCUT2D eigenvalue weighted by atomic mass is 19.2. The smallest absolute Gasteiger partial charge is 0.165 e. The second-order valence-electron chi connectivity index (χ2n) is 4.86. The summed E-state index contributed by atoms with van der Waals surface area (Å²) in [6.07, 6.45) is 3.16. The van der Waals surface area contributed by atoms with Gasteiger partial charge in [-0.3, -0.25) is 4.98 Å². The Morgan fingerprint density at radius 2 is 2.05 bits per heavy atom. The van der Waals surface area contributed by atoms with E-state index in [-0.39, 0.29) is 18.2 Å². The van der Waals surface area contributed by atoms with Gasteiger partial charge in [0.25, 0.3) is 0 Å². The molecular formula is C16H18F2N2O. The van der Waals surface area contributed by atoms with Gasteiger partial charge in [-0.2, -0.15) is 0 Å². The Balaban J connectivity index is 1.96. The summed E-state index contributed by atoms with van der Waals surface area (Å²) in [5.41, 5.74) is 6.92. The van der Waals surface area contributed by atoms with E-state index < -0.39 is 11.6 Å². The van der Waals surface area contributed by atoms with Crippen molar-refractivity contribution in [1.29, 1.82) is 0 Å². The monoisotopic (exact) mass is 292 g/mol. The van der Waals surface area contributed by atoms with Crippen molar-refractivity contribution in [3.63, 3.8) is 0 Å². The Kier molecular flexibility index (Phi) is 5.22. The van der Waals surface area contributed by atoms with Crippen LogP contribution in [0.2, 0.25) is 0 Å². The SMILES string of the molecule is CCC(N)Cc1ccc(OCc2cccc(F)c2F)cn1. The molecule has 1 atom stereocenters. The van der Waals surface area contributed by atoms with Gasteiger partial charge in [0.2, 0.25) is 0 Å². The molecule has 0 aliphatic carbocycles. The Labute approximate surface area is 122 Å². The van der Waals surface area contributed by atoms with Crippen molar-refractivity contribution in [1.82, 2.24) is 4.98 Å². The van der Waals surface area contributed by atoms with Crippen molar-refractivity contribution in [3.8, 4) is 5.75 Å². The minimum Gasteiger partial charge on any atom is -0.487 e. The molecule has 1 unspecified atom stereocenters. The molecule has 0 spiro atoms. The van der Waals surface area contributed by atoms with Crippen LogP contribution in [0.3, 0.4) is 0 Å². The zero-order valence-corrected chi connectivity index (χ0v) is 11.9. The zero-order valence-electron chi connectivity index (χ0n) is 11.9. The Hall–Kier alpha value is -2.01. The zero-order chi connectivity index (χ0) is 15.2. The average Bonchev–Trinajstić information content (AvgIpc) is 2.50. The Morgan fingerprint density at radius 1 is 1.24 bits per heavy atom. The minimum absolute atomic E-state index is 0.0426. The van der Waals surface area contributed by atoms with Crippen LogP contribution in [0.25, 0.3) is 0 Å². The van der Waals surface area contributed by atoms with E-state index in [4.69, 9.17) is 10.5 Å². The van der Waals surface area contributed by atoms with Gasteiger partial charge < -0.3 is 10.5 Å². The molecule has 2 rings (SSSR count). The van der Waals surface area contributed by atoms with Crippen molar-refractivity contribution in [2.45, 2.75) is 32.4 Å². The molecule has 0 radical (unpaired) electrons. The van der Waals surface area contributed by atoms with Crippen LogP contribution in [0, 0.1) is 11.6 Å². The fourth-order valence-corrected chi connectivity index (χ4v) is 1.85. The lowest BCUT2D eigenvalue weighted by molar-refractivity contribution is 0.296. The molecule has 0 saturated heterocycles. The third-order valence-electron chi connectivity index (χ3n) is 3.22. The molecule has 5 heteroatoms. The summed E-state index contributed by atoms with van der Waals surface area (Å²) >= 11 is 0.